The van der Waals surface area contributed by atoms with Crippen LogP contribution in [0.15, 0.2) is 47.4 Å². The standard InChI is InChI=1S/C20H16FNO5S2/c1-2-26-16-9-12(3-8-15(16)27-11-18(23)24)10-17-19(25)22(20(28)29-17)14-6-4-13(21)5-7-14/h3-10H,2,11H2,1H3,(H,23,24)/b17-10+. The Labute approximate surface area is 175 Å². The molecule has 1 heterocycles. The average molecular weight is 433 g/mol. The van der Waals surface area contributed by atoms with Crippen molar-refractivity contribution < 1.29 is 28.6 Å². The molecule has 1 saturated heterocycles. The lowest BCUT2D eigenvalue weighted by Crippen LogP contribution is -2.27. The maximum absolute atomic E-state index is 13.2. The van der Waals surface area contributed by atoms with Crippen molar-refractivity contribution in [3.05, 3.63) is 58.8 Å². The number of rotatable bonds is 7. The van der Waals surface area contributed by atoms with Crippen LogP contribution >= 0.6 is 24.0 Å². The van der Waals surface area contributed by atoms with Gasteiger partial charge in [-0.3, -0.25) is 9.69 Å². The molecule has 150 valence electrons. The predicted molar refractivity (Wildman–Crippen MR) is 113 cm³/mol. The maximum atomic E-state index is 13.2. The number of carbonyl (C=O) groups is 2. The van der Waals surface area contributed by atoms with E-state index in [-0.39, 0.29) is 5.91 Å². The van der Waals surface area contributed by atoms with Gasteiger partial charge in [-0.1, -0.05) is 30.0 Å². The van der Waals surface area contributed by atoms with E-state index in [1.807, 2.05) is 0 Å². The molecule has 0 saturated carbocycles. The summed E-state index contributed by atoms with van der Waals surface area (Å²) in [6.07, 6.45) is 1.66. The number of thiocarbonyl (C=S) groups is 1. The number of benzene rings is 2. The van der Waals surface area contributed by atoms with Gasteiger partial charge in [0.05, 0.1) is 17.2 Å². The fraction of sp³-hybridized carbons (Fsp3) is 0.150. The molecule has 1 aliphatic rings. The van der Waals surface area contributed by atoms with E-state index in [9.17, 15) is 14.0 Å². The van der Waals surface area contributed by atoms with Gasteiger partial charge < -0.3 is 14.6 Å². The summed E-state index contributed by atoms with van der Waals surface area (Å²) in [5, 5.41) is 8.77. The Kier molecular flexibility index (Phi) is 6.50. The van der Waals surface area contributed by atoms with Gasteiger partial charge in [0.15, 0.2) is 22.4 Å². The normalized spacial score (nSPS) is 15.1. The Balaban J connectivity index is 1.86. The van der Waals surface area contributed by atoms with Crippen molar-refractivity contribution in [2.24, 2.45) is 0 Å². The van der Waals surface area contributed by atoms with E-state index in [4.69, 9.17) is 26.8 Å². The van der Waals surface area contributed by atoms with E-state index in [1.54, 1.807) is 31.2 Å². The highest BCUT2D eigenvalue weighted by Crippen LogP contribution is 2.37. The molecule has 6 nitrogen and oxygen atoms in total. The summed E-state index contributed by atoms with van der Waals surface area (Å²) < 4.78 is 24.2. The minimum atomic E-state index is -1.10. The predicted octanol–water partition coefficient (Wildman–Crippen LogP) is 4.09. The lowest BCUT2D eigenvalue weighted by atomic mass is 10.1. The quantitative estimate of drug-likeness (QED) is 0.521. The van der Waals surface area contributed by atoms with Crippen LogP contribution in [-0.2, 0) is 9.59 Å². The van der Waals surface area contributed by atoms with Crippen LogP contribution in [0.25, 0.3) is 6.08 Å². The third-order valence-corrected chi connectivity index (χ3v) is 5.10. The molecule has 29 heavy (non-hydrogen) atoms. The van der Waals surface area contributed by atoms with Crippen molar-refractivity contribution in [1.29, 1.82) is 0 Å². The van der Waals surface area contributed by atoms with Crippen molar-refractivity contribution in [2.75, 3.05) is 18.1 Å². The highest BCUT2D eigenvalue weighted by molar-refractivity contribution is 8.27. The zero-order valence-electron chi connectivity index (χ0n) is 15.3. The van der Waals surface area contributed by atoms with Crippen LogP contribution in [0.3, 0.4) is 0 Å². The summed E-state index contributed by atoms with van der Waals surface area (Å²) in [6.45, 7) is 1.66. The van der Waals surface area contributed by atoms with Crippen LogP contribution < -0.4 is 14.4 Å². The molecule has 0 radical (unpaired) electrons. The van der Waals surface area contributed by atoms with Gasteiger partial charge in [0.25, 0.3) is 5.91 Å². The van der Waals surface area contributed by atoms with Gasteiger partial charge in [0, 0.05) is 0 Å². The van der Waals surface area contributed by atoms with Gasteiger partial charge in [-0.2, -0.15) is 0 Å². The topological polar surface area (TPSA) is 76.1 Å². The molecular formula is C20H16FNO5S2. The van der Waals surface area contributed by atoms with Crippen LogP contribution in [0.5, 0.6) is 11.5 Å². The van der Waals surface area contributed by atoms with Crippen LogP contribution in [0, 0.1) is 5.82 Å². The van der Waals surface area contributed by atoms with Crippen molar-refractivity contribution >= 4 is 51.9 Å². The molecule has 0 spiro atoms. The Morgan fingerprint density at radius 3 is 2.59 bits per heavy atom. The minimum Gasteiger partial charge on any atom is -0.490 e. The second kappa shape index (κ2) is 9.06. The van der Waals surface area contributed by atoms with E-state index < -0.39 is 18.4 Å². The monoisotopic (exact) mass is 433 g/mol. The fourth-order valence-electron chi connectivity index (χ4n) is 2.57. The number of aliphatic carboxylic acids is 1. The van der Waals surface area contributed by atoms with Gasteiger partial charge in [0.2, 0.25) is 0 Å². The lowest BCUT2D eigenvalue weighted by Gasteiger charge is -2.14. The Morgan fingerprint density at radius 2 is 1.93 bits per heavy atom. The number of amides is 1. The molecule has 0 aliphatic carbocycles. The average Bonchev–Trinajstić information content (AvgIpc) is 2.95. The Hall–Kier alpha value is -2.91. The second-order valence-electron chi connectivity index (χ2n) is 5.82. The number of carboxylic acid groups (broad SMARTS) is 1. The Morgan fingerprint density at radius 1 is 1.21 bits per heavy atom. The first-order valence-corrected chi connectivity index (χ1v) is 9.76. The molecule has 1 N–H and O–H groups in total. The molecule has 9 heteroatoms. The van der Waals surface area contributed by atoms with Crippen molar-refractivity contribution in [3.8, 4) is 11.5 Å². The van der Waals surface area contributed by atoms with Crippen LogP contribution in [0.4, 0.5) is 10.1 Å². The van der Waals surface area contributed by atoms with Crippen LogP contribution in [0.2, 0.25) is 0 Å². The third kappa shape index (κ3) is 4.93. The summed E-state index contributed by atoms with van der Waals surface area (Å²) in [6, 6.07) is 10.4. The smallest absolute Gasteiger partial charge is 0.341 e. The Bertz CT molecular complexity index is 991. The lowest BCUT2D eigenvalue weighted by molar-refractivity contribution is -0.139. The van der Waals surface area contributed by atoms with Gasteiger partial charge in [-0.05, 0) is 55.0 Å². The molecule has 2 aromatic rings. The number of thioether (sulfide) groups is 1. The van der Waals surface area contributed by atoms with E-state index in [1.165, 1.54) is 29.2 Å². The number of hydrogen-bond acceptors (Lipinski definition) is 6. The molecule has 0 atom stereocenters. The van der Waals surface area contributed by atoms with E-state index in [2.05, 4.69) is 0 Å². The minimum absolute atomic E-state index is 0.297. The van der Waals surface area contributed by atoms with E-state index >= 15 is 0 Å². The van der Waals surface area contributed by atoms with Crippen molar-refractivity contribution in [1.82, 2.24) is 0 Å². The largest absolute Gasteiger partial charge is 0.490 e. The van der Waals surface area contributed by atoms with Gasteiger partial charge in [-0.25, -0.2) is 9.18 Å². The van der Waals surface area contributed by atoms with E-state index in [0.29, 0.717) is 38.6 Å². The highest BCUT2D eigenvalue weighted by atomic mass is 32.2. The number of anilines is 1. The van der Waals surface area contributed by atoms with Crippen LogP contribution in [-0.4, -0.2) is 34.5 Å². The van der Waals surface area contributed by atoms with E-state index in [0.717, 1.165) is 11.8 Å². The SMILES string of the molecule is CCOc1cc(/C=C2/SC(=S)N(c3ccc(F)cc3)C2=O)ccc1OCC(=O)O. The van der Waals surface area contributed by atoms with Gasteiger partial charge >= 0.3 is 5.97 Å². The summed E-state index contributed by atoms with van der Waals surface area (Å²) in [5.41, 5.74) is 1.15. The summed E-state index contributed by atoms with van der Waals surface area (Å²) >= 11 is 6.44. The molecule has 0 bridgehead atoms. The molecule has 0 unspecified atom stereocenters. The summed E-state index contributed by atoms with van der Waals surface area (Å²) in [4.78, 5) is 25.3. The number of carbonyl (C=O) groups excluding carboxylic acids is 1. The van der Waals surface area contributed by atoms with Gasteiger partial charge in [-0.15, -0.1) is 0 Å². The number of hydrogen-bond donors (Lipinski definition) is 1. The summed E-state index contributed by atoms with van der Waals surface area (Å²) in [7, 11) is 0. The number of nitrogens with zero attached hydrogens (tertiary/aromatic N) is 1. The van der Waals surface area contributed by atoms with Crippen LogP contribution in [0.1, 0.15) is 12.5 Å². The summed E-state index contributed by atoms with van der Waals surface area (Å²) in [5.74, 6) is -1.14. The molecule has 1 amide bonds. The molecule has 1 aliphatic heterocycles. The highest BCUT2D eigenvalue weighted by Gasteiger charge is 2.33. The maximum Gasteiger partial charge on any atom is 0.341 e. The molecular weight excluding hydrogens is 417 g/mol. The van der Waals surface area contributed by atoms with Crippen molar-refractivity contribution in [3.63, 3.8) is 0 Å². The molecule has 2 aromatic carbocycles. The first kappa shape index (κ1) is 20.8. The molecule has 1 fully saturated rings. The second-order valence-corrected chi connectivity index (χ2v) is 7.49. The molecule has 3 rings (SSSR count). The molecule has 0 aromatic heterocycles. The fourth-order valence-corrected chi connectivity index (χ4v) is 3.87. The zero-order chi connectivity index (χ0) is 21.0. The third-order valence-electron chi connectivity index (χ3n) is 3.80. The first-order valence-electron chi connectivity index (χ1n) is 8.54. The van der Waals surface area contributed by atoms with Crippen molar-refractivity contribution in [2.45, 2.75) is 6.92 Å². The van der Waals surface area contributed by atoms with Gasteiger partial charge in [0.1, 0.15) is 5.82 Å². The number of halogens is 1. The zero-order valence-corrected chi connectivity index (χ0v) is 16.9. The number of ether oxygens (including phenoxy) is 2. The number of carboxylic acids is 1. The first-order chi connectivity index (χ1) is 13.9.